The first-order chi connectivity index (χ1) is 13.0. The second-order valence-corrected chi connectivity index (χ2v) is 6.39. The lowest BCUT2D eigenvalue weighted by atomic mass is 10.0. The highest BCUT2D eigenvalue weighted by Gasteiger charge is 2.11. The normalized spacial score (nSPS) is 11.6. The third kappa shape index (κ3) is 5.07. The summed E-state index contributed by atoms with van der Waals surface area (Å²) in [4.78, 5) is 23.3. The Kier molecular flexibility index (Phi) is 5.71. The third-order valence-electron chi connectivity index (χ3n) is 4.18. The molecule has 3 rings (SSSR count). The highest BCUT2D eigenvalue weighted by molar-refractivity contribution is 5.88. The number of anilines is 1. The van der Waals surface area contributed by atoms with Gasteiger partial charge in [0.1, 0.15) is 5.75 Å². The second kappa shape index (κ2) is 8.36. The molecule has 5 nitrogen and oxygen atoms in total. The summed E-state index contributed by atoms with van der Waals surface area (Å²) in [6.45, 7) is 3.29. The van der Waals surface area contributed by atoms with Gasteiger partial charge >= 0.3 is 0 Å². The quantitative estimate of drug-likeness (QED) is 0.695. The molecule has 0 bridgehead atoms. The van der Waals surface area contributed by atoms with Crippen LogP contribution in [0.2, 0.25) is 0 Å². The van der Waals surface area contributed by atoms with Gasteiger partial charge in [0.15, 0.2) is 6.61 Å². The van der Waals surface area contributed by atoms with E-state index in [9.17, 15) is 9.59 Å². The van der Waals surface area contributed by atoms with Crippen molar-refractivity contribution in [2.75, 3.05) is 11.9 Å². The van der Waals surface area contributed by atoms with Gasteiger partial charge in [-0.2, -0.15) is 0 Å². The molecule has 0 aliphatic carbocycles. The Balaban J connectivity index is 1.57. The first kappa shape index (κ1) is 18.5. The van der Waals surface area contributed by atoms with Crippen LogP contribution in [0.25, 0.3) is 10.8 Å². The number of carbonyl (C=O) groups is 2. The summed E-state index contributed by atoms with van der Waals surface area (Å²) in [6.07, 6.45) is 0. The molecule has 0 saturated carbocycles. The molecule has 1 atom stereocenters. The summed E-state index contributed by atoms with van der Waals surface area (Å²) < 4.78 is 5.53. The number of rotatable bonds is 6. The van der Waals surface area contributed by atoms with Gasteiger partial charge in [-0.1, -0.05) is 42.5 Å². The Morgan fingerprint density at radius 3 is 2.52 bits per heavy atom. The second-order valence-electron chi connectivity index (χ2n) is 6.39. The Morgan fingerprint density at radius 2 is 1.74 bits per heavy atom. The van der Waals surface area contributed by atoms with Gasteiger partial charge in [0, 0.05) is 18.7 Å². The minimum absolute atomic E-state index is 0.0958. The number of amides is 2. The van der Waals surface area contributed by atoms with Crippen LogP contribution in [0.3, 0.4) is 0 Å². The molecule has 3 aromatic rings. The molecule has 0 aliphatic rings. The molecule has 5 heteroatoms. The van der Waals surface area contributed by atoms with Gasteiger partial charge in [0.05, 0.1) is 6.04 Å². The van der Waals surface area contributed by atoms with Gasteiger partial charge in [-0.05, 0) is 41.5 Å². The summed E-state index contributed by atoms with van der Waals surface area (Å²) in [6, 6.07) is 21.1. The summed E-state index contributed by atoms with van der Waals surface area (Å²) in [5, 5.41) is 7.94. The van der Waals surface area contributed by atoms with E-state index in [0.29, 0.717) is 11.4 Å². The number of hydrogen-bond donors (Lipinski definition) is 2. The molecule has 0 spiro atoms. The number of fused-ring (bicyclic) bond motifs is 1. The molecule has 2 N–H and O–H groups in total. The number of benzene rings is 3. The number of nitrogens with one attached hydrogen (secondary N) is 2. The van der Waals surface area contributed by atoms with Crippen LogP contribution in [0, 0.1) is 0 Å². The molecule has 0 aromatic heterocycles. The minimum atomic E-state index is -0.208. The predicted molar refractivity (Wildman–Crippen MR) is 107 cm³/mol. The van der Waals surface area contributed by atoms with Gasteiger partial charge in [0.25, 0.3) is 5.91 Å². The van der Waals surface area contributed by atoms with E-state index in [1.807, 2.05) is 25.1 Å². The van der Waals surface area contributed by atoms with Crippen molar-refractivity contribution in [1.82, 2.24) is 5.32 Å². The maximum atomic E-state index is 12.2. The molecule has 0 saturated heterocycles. The minimum Gasteiger partial charge on any atom is -0.484 e. The van der Waals surface area contributed by atoms with Crippen LogP contribution < -0.4 is 15.4 Å². The summed E-state index contributed by atoms with van der Waals surface area (Å²) in [5.41, 5.74) is 1.67. The van der Waals surface area contributed by atoms with Crippen molar-refractivity contribution < 1.29 is 14.3 Å². The summed E-state index contributed by atoms with van der Waals surface area (Å²) in [7, 11) is 0. The van der Waals surface area contributed by atoms with Crippen molar-refractivity contribution in [3.63, 3.8) is 0 Å². The van der Waals surface area contributed by atoms with Crippen LogP contribution in [0.1, 0.15) is 25.5 Å². The van der Waals surface area contributed by atoms with Crippen LogP contribution in [0.4, 0.5) is 5.69 Å². The Bertz CT molecular complexity index is 968. The van der Waals surface area contributed by atoms with Crippen LogP contribution in [-0.4, -0.2) is 18.4 Å². The van der Waals surface area contributed by atoms with Crippen LogP contribution in [0.15, 0.2) is 66.7 Å². The highest BCUT2D eigenvalue weighted by atomic mass is 16.5. The van der Waals surface area contributed by atoms with E-state index in [1.54, 1.807) is 24.3 Å². The van der Waals surface area contributed by atoms with Gasteiger partial charge in [0.2, 0.25) is 5.91 Å². The van der Waals surface area contributed by atoms with Gasteiger partial charge < -0.3 is 15.4 Å². The monoisotopic (exact) mass is 362 g/mol. The van der Waals surface area contributed by atoms with Crippen molar-refractivity contribution >= 4 is 28.3 Å². The van der Waals surface area contributed by atoms with Crippen molar-refractivity contribution in [3.8, 4) is 5.75 Å². The lowest BCUT2D eigenvalue weighted by Crippen LogP contribution is -2.31. The van der Waals surface area contributed by atoms with Gasteiger partial charge in [-0.15, -0.1) is 0 Å². The van der Waals surface area contributed by atoms with E-state index in [4.69, 9.17) is 4.74 Å². The van der Waals surface area contributed by atoms with E-state index < -0.39 is 0 Å². The van der Waals surface area contributed by atoms with Gasteiger partial charge in [-0.25, -0.2) is 0 Å². The molecular formula is C22H22N2O3. The van der Waals surface area contributed by atoms with Crippen LogP contribution in [0.5, 0.6) is 5.75 Å². The molecular weight excluding hydrogens is 340 g/mol. The maximum Gasteiger partial charge on any atom is 0.258 e. The smallest absolute Gasteiger partial charge is 0.258 e. The van der Waals surface area contributed by atoms with Crippen molar-refractivity contribution in [3.05, 3.63) is 72.3 Å². The Hall–Kier alpha value is -3.34. The first-order valence-corrected chi connectivity index (χ1v) is 8.80. The average molecular weight is 362 g/mol. The number of hydrogen-bond acceptors (Lipinski definition) is 3. The number of ether oxygens (including phenoxy) is 1. The largest absolute Gasteiger partial charge is 0.484 e. The molecule has 0 fully saturated rings. The molecule has 0 unspecified atom stereocenters. The zero-order chi connectivity index (χ0) is 19.2. The predicted octanol–water partition coefficient (Wildman–Crippen LogP) is 4.05. The molecule has 0 aliphatic heterocycles. The van der Waals surface area contributed by atoms with Crippen LogP contribution in [-0.2, 0) is 9.59 Å². The SMILES string of the molecule is CC(=O)Nc1cccc(OCC(=O)N[C@H](C)c2ccc3ccccc3c2)c1. The fourth-order valence-corrected chi connectivity index (χ4v) is 2.86. The van der Waals surface area contributed by atoms with E-state index in [-0.39, 0.29) is 24.5 Å². The maximum absolute atomic E-state index is 12.2. The van der Waals surface area contributed by atoms with E-state index >= 15 is 0 Å². The zero-order valence-electron chi connectivity index (χ0n) is 15.4. The molecule has 138 valence electrons. The number of carbonyl (C=O) groups excluding carboxylic acids is 2. The van der Waals surface area contributed by atoms with Crippen LogP contribution >= 0.6 is 0 Å². The Labute approximate surface area is 158 Å². The highest BCUT2D eigenvalue weighted by Crippen LogP contribution is 2.20. The lowest BCUT2D eigenvalue weighted by molar-refractivity contribution is -0.123. The lowest BCUT2D eigenvalue weighted by Gasteiger charge is -2.15. The van der Waals surface area contributed by atoms with Gasteiger partial charge in [-0.3, -0.25) is 9.59 Å². The molecule has 2 amide bonds. The van der Waals surface area contributed by atoms with E-state index in [2.05, 4.69) is 34.9 Å². The molecule has 0 heterocycles. The fourth-order valence-electron chi connectivity index (χ4n) is 2.86. The average Bonchev–Trinajstić information content (AvgIpc) is 2.66. The van der Waals surface area contributed by atoms with Crippen molar-refractivity contribution in [1.29, 1.82) is 0 Å². The summed E-state index contributed by atoms with van der Waals surface area (Å²) >= 11 is 0. The summed E-state index contributed by atoms with van der Waals surface area (Å²) in [5.74, 6) is 0.157. The van der Waals surface area contributed by atoms with Crippen molar-refractivity contribution in [2.45, 2.75) is 19.9 Å². The molecule has 3 aromatic carbocycles. The third-order valence-corrected chi connectivity index (χ3v) is 4.18. The Morgan fingerprint density at radius 1 is 0.963 bits per heavy atom. The standard InChI is InChI=1S/C22H22N2O3/c1-15(18-11-10-17-6-3-4-7-19(17)12-18)23-22(26)14-27-21-9-5-8-20(13-21)24-16(2)25/h3-13,15H,14H2,1-2H3,(H,23,26)(H,24,25)/t15-/m1/s1. The molecule has 0 radical (unpaired) electrons. The van der Waals surface area contributed by atoms with E-state index in [0.717, 1.165) is 10.9 Å². The molecule has 27 heavy (non-hydrogen) atoms. The topological polar surface area (TPSA) is 67.4 Å². The van der Waals surface area contributed by atoms with Crippen molar-refractivity contribution in [2.24, 2.45) is 0 Å². The first-order valence-electron chi connectivity index (χ1n) is 8.80. The zero-order valence-corrected chi connectivity index (χ0v) is 15.4. The van der Waals surface area contributed by atoms with E-state index in [1.165, 1.54) is 12.3 Å². The fraction of sp³-hybridized carbons (Fsp3) is 0.182.